The van der Waals surface area contributed by atoms with E-state index in [1.807, 2.05) is 0 Å². The van der Waals surface area contributed by atoms with Crippen molar-refractivity contribution in [2.75, 3.05) is 7.11 Å². The zero-order chi connectivity index (χ0) is 10.7. The minimum atomic E-state index is 0.226. The van der Waals surface area contributed by atoms with Gasteiger partial charge in [0.1, 0.15) is 0 Å². The second kappa shape index (κ2) is 4.75. The topological polar surface area (TPSA) is 39.2 Å². The second-order valence-electron chi connectivity index (χ2n) is 3.89. The second-order valence-corrected chi connectivity index (χ2v) is 4.89. The molecule has 15 heavy (non-hydrogen) atoms. The highest BCUT2D eigenvalue weighted by Gasteiger charge is 2.24. The van der Waals surface area contributed by atoms with E-state index in [0.717, 1.165) is 17.7 Å². The monoisotopic (exact) mass is 225 g/mol. The molecule has 0 aliphatic heterocycles. The van der Waals surface area contributed by atoms with Gasteiger partial charge in [0.15, 0.2) is 5.78 Å². The quantitative estimate of drug-likeness (QED) is 0.742. The Morgan fingerprint density at radius 2 is 2.20 bits per heavy atom. The highest BCUT2D eigenvalue weighted by atomic mass is 32.1. The molecule has 1 heterocycles. The van der Waals surface area contributed by atoms with Crippen molar-refractivity contribution in [3.63, 3.8) is 0 Å². The lowest BCUT2D eigenvalue weighted by Gasteiger charge is -2.19. The number of hydrogen-bond donors (Lipinski definition) is 0. The first-order valence-electron chi connectivity index (χ1n) is 5.35. The van der Waals surface area contributed by atoms with Crippen LogP contribution in [0.1, 0.15) is 41.8 Å². The van der Waals surface area contributed by atoms with Crippen molar-refractivity contribution in [3.05, 3.63) is 11.1 Å². The van der Waals surface area contributed by atoms with Crippen LogP contribution >= 0.6 is 11.3 Å². The maximum Gasteiger partial charge on any atom is 0.273 e. The lowest BCUT2D eigenvalue weighted by molar-refractivity contribution is 0.0893. The maximum atomic E-state index is 12.0. The predicted octanol–water partition coefficient (Wildman–Crippen LogP) is 2.91. The Labute approximate surface area is 93.5 Å². The van der Waals surface area contributed by atoms with Crippen molar-refractivity contribution in [2.24, 2.45) is 5.92 Å². The van der Waals surface area contributed by atoms with Crippen molar-refractivity contribution < 1.29 is 9.53 Å². The highest BCUT2D eigenvalue weighted by molar-refractivity contribution is 7.15. The van der Waals surface area contributed by atoms with Crippen molar-refractivity contribution in [3.8, 4) is 5.19 Å². The molecular weight excluding hydrogens is 210 g/mol. The largest absolute Gasteiger partial charge is 0.473 e. The fraction of sp³-hybridized carbons (Fsp3) is 0.636. The third-order valence-electron chi connectivity index (χ3n) is 2.88. The summed E-state index contributed by atoms with van der Waals surface area (Å²) in [5.74, 6) is 0.486. The van der Waals surface area contributed by atoms with Gasteiger partial charge in [-0.1, -0.05) is 30.6 Å². The van der Waals surface area contributed by atoms with Crippen LogP contribution in [0.25, 0.3) is 0 Å². The van der Waals surface area contributed by atoms with E-state index in [1.165, 1.54) is 30.6 Å². The zero-order valence-corrected chi connectivity index (χ0v) is 9.68. The molecule has 0 atom stereocenters. The van der Waals surface area contributed by atoms with Crippen LogP contribution in [-0.4, -0.2) is 17.9 Å². The molecule has 1 aromatic heterocycles. The van der Waals surface area contributed by atoms with Gasteiger partial charge in [0.25, 0.3) is 5.19 Å². The van der Waals surface area contributed by atoms with Crippen molar-refractivity contribution in [1.82, 2.24) is 4.98 Å². The summed E-state index contributed by atoms with van der Waals surface area (Å²) < 4.78 is 4.99. The van der Waals surface area contributed by atoms with E-state index in [1.54, 1.807) is 13.3 Å². The summed E-state index contributed by atoms with van der Waals surface area (Å²) in [5.41, 5.74) is 0. The smallest absolute Gasteiger partial charge is 0.273 e. The van der Waals surface area contributed by atoms with Gasteiger partial charge < -0.3 is 4.74 Å². The average Bonchev–Trinajstić information content (AvgIpc) is 2.78. The van der Waals surface area contributed by atoms with E-state index >= 15 is 0 Å². The molecule has 0 N–H and O–H groups in total. The molecule has 1 saturated carbocycles. The first-order valence-corrected chi connectivity index (χ1v) is 6.17. The molecule has 0 bridgehead atoms. The standard InChI is InChI=1S/C11H15NO2S/c1-14-11-12-7-9(15-11)10(13)8-5-3-2-4-6-8/h7-8H,2-6H2,1H3. The number of rotatable bonds is 3. The summed E-state index contributed by atoms with van der Waals surface area (Å²) in [5, 5.41) is 0.578. The first kappa shape index (κ1) is 10.6. The number of hydrogen-bond acceptors (Lipinski definition) is 4. The Kier molecular flexibility index (Phi) is 3.36. The number of carbonyl (C=O) groups is 1. The SMILES string of the molecule is COc1ncc(C(=O)C2CCCCC2)s1. The molecule has 0 amide bonds. The molecule has 82 valence electrons. The molecule has 1 aliphatic carbocycles. The normalized spacial score (nSPS) is 17.7. The summed E-state index contributed by atoms with van der Waals surface area (Å²) in [6.45, 7) is 0. The molecule has 1 aromatic rings. The Balaban J connectivity index is 2.05. The Morgan fingerprint density at radius 3 is 2.80 bits per heavy atom. The molecular formula is C11H15NO2S. The van der Waals surface area contributed by atoms with E-state index in [2.05, 4.69) is 4.98 Å². The molecule has 3 nitrogen and oxygen atoms in total. The van der Waals surface area contributed by atoms with Crippen LogP contribution in [0.5, 0.6) is 5.19 Å². The van der Waals surface area contributed by atoms with Gasteiger partial charge in [-0.25, -0.2) is 4.98 Å². The van der Waals surface area contributed by atoms with Crippen molar-refractivity contribution >= 4 is 17.1 Å². The lowest BCUT2D eigenvalue weighted by Crippen LogP contribution is -2.16. The number of thiazole rings is 1. The van der Waals surface area contributed by atoms with E-state index in [9.17, 15) is 4.79 Å². The number of carbonyl (C=O) groups excluding carboxylic acids is 1. The third kappa shape index (κ3) is 2.37. The Hall–Kier alpha value is -0.900. The Bertz CT molecular complexity index is 342. The predicted molar refractivity (Wildman–Crippen MR) is 59.6 cm³/mol. The van der Waals surface area contributed by atoms with Gasteiger partial charge in [-0.2, -0.15) is 0 Å². The molecule has 0 spiro atoms. The van der Waals surface area contributed by atoms with Crippen LogP contribution in [-0.2, 0) is 0 Å². The third-order valence-corrected chi connectivity index (χ3v) is 3.85. The van der Waals surface area contributed by atoms with Crippen LogP contribution in [0.2, 0.25) is 0 Å². The Morgan fingerprint density at radius 1 is 1.47 bits per heavy atom. The van der Waals surface area contributed by atoms with Gasteiger partial charge in [-0.15, -0.1) is 0 Å². The van der Waals surface area contributed by atoms with Crippen molar-refractivity contribution in [1.29, 1.82) is 0 Å². The van der Waals surface area contributed by atoms with Gasteiger partial charge in [-0.3, -0.25) is 4.79 Å². The van der Waals surface area contributed by atoms with E-state index in [0.29, 0.717) is 5.19 Å². The summed E-state index contributed by atoms with van der Waals surface area (Å²) >= 11 is 1.35. The average molecular weight is 225 g/mol. The van der Waals surface area contributed by atoms with Gasteiger partial charge in [0.2, 0.25) is 0 Å². The molecule has 4 heteroatoms. The van der Waals surface area contributed by atoms with Crippen LogP contribution in [0.15, 0.2) is 6.20 Å². The van der Waals surface area contributed by atoms with E-state index in [-0.39, 0.29) is 11.7 Å². The van der Waals surface area contributed by atoms with E-state index in [4.69, 9.17) is 4.74 Å². The molecule has 1 aliphatic rings. The van der Waals surface area contributed by atoms with Crippen LogP contribution in [0.4, 0.5) is 0 Å². The lowest BCUT2D eigenvalue weighted by atomic mass is 9.86. The van der Waals surface area contributed by atoms with Crippen LogP contribution in [0.3, 0.4) is 0 Å². The summed E-state index contributed by atoms with van der Waals surface area (Å²) in [7, 11) is 1.58. The molecule has 0 radical (unpaired) electrons. The number of aromatic nitrogens is 1. The fourth-order valence-electron chi connectivity index (χ4n) is 2.03. The number of ketones is 1. The maximum absolute atomic E-state index is 12.0. The number of methoxy groups -OCH3 is 1. The van der Waals surface area contributed by atoms with E-state index < -0.39 is 0 Å². The van der Waals surface area contributed by atoms with Crippen LogP contribution in [0, 0.1) is 5.92 Å². The fourth-order valence-corrected chi connectivity index (χ4v) is 2.78. The van der Waals surface area contributed by atoms with Gasteiger partial charge in [-0.05, 0) is 12.8 Å². The van der Waals surface area contributed by atoms with Gasteiger partial charge in [0.05, 0.1) is 18.2 Å². The van der Waals surface area contributed by atoms with Gasteiger partial charge >= 0.3 is 0 Å². The van der Waals surface area contributed by atoms with Crippen molar-refractivity contribution in [2.45, 2.75) is 32.1 Å². The molecule has 1 fully saturated rings. The summed E-state index contributed by atoms with van der Waals surface area (Å²) in [6, 6.07) is 0. The minimum absolute atomic E-state index is 0.226. The zero-order valence-electron chi connectivity index (χ0n) is 8.86. The first-order chi connectivity index (χ1) is 7.31. The number of nitrogens with zero attached hydrogens (tertiary/aromatic N) is 1. The molecule has 0 aromatic carbocycles. The minimum Gasteiger partial charge on any atom is -0.473 e. The summed E-state index contributed by atoms with van der Waals surface area (Å²) in [4.78, 5) is 16.8. The van der Waals surface area contributed by atoms with Gasteiger partial charge in [0, 0.05) is 5.92 Å². The summed E-state index contributed by atoms with van der Waals surface area (Å²) in [6.07, 6.45) is 7.37. The van der Waals surface area contributed by atoms with Crippen LogP contribution < -0.4 is 4.74 Å². The number of ether oxygens (including phenoxy) is 1. The highest BCUT2D eigenvalue weighted by Crippen LogP contribution is 2.30. The molecule has 0 saturated heterocycles. The molecule has 2 rings (SSSR count). The molecule has 0 unspecified atom stereocenters. The number of Topliss-reactive ketones (excluding diaryl/α,β-unsaturated/α-hetero) is 1.